The van der Waals surface area contributed by atoms with Crippen molar-refractivity contribution in [1.82, 2.24) is 0 Å². The van der Waals surface area contributed by atoms with Gasteiger partial charge in [-0.25, -0.2) is 4.79 Å². The Morgan fingerprint density at radius 1 is 1.32 bits per heavy atom. The number of ether oxygens (including phenoxy) is 1. The van der Waals surface area contributed by atoms with Crippen LogP contribution in [0.4, 0.5) is 5.69 Å². The van der Waals surface area contributed by atoms with E-state index in [4.69, 9.17) is 9.84 Å². The summed E-state index contributed by atoms with van der Waals surface area (Å²) in [6, 6.07) is 3.37. The number of hydrogen-bond acceptors (Lipinski definition) is 3. The number of nitrogens with one attached hydrogen (secondary N) is 1. The fourth-order valence-electron chi connectivity index (χ4n) is 1.79. The molecule has 0 atom stereocenters. The Bertz CT molecular complexity index is 483. The molecule has 0 aliphatic carbocycles. The normalized spacial score (nSPS) is 10.3. The molecule has 0 bridgehead atoms. The summed E-state index contributed by atoms with van der Waals surface area (Å²) >= 11 is 0. The smallest absolute Gasteiger partial charge is 0.337 e. The molecule has 0 aromatic heterocycles. The van der Waals surface area contributed by atoms with E-state index in [0.717, 1.165) is 17.5 Å². The number of rotatable bonds is 6. The zero-order chi connectivity index (χ0) is 14.4. The summed E-state index contributed by atoms with van der Waals surface area (Å²) < 4.78 is 5.12. The van der Waals surface area contributed by atoms with Gasteiger partial charge in [0.1, 0.15) is 6.61 Å². The fraction of sp³-hybridized carbons (Fsp3) is 0.429. The third-order valence-electron chi connectivity index (χ3n) is 2.56. The molecule has 0 radical (unpaired) electrons. The van der Waals surface area contributed by atoms with Crippen LogP contribution in [0.5, 0.6) is 0 Å². The summed E-state index contributed by atoms with van der Waals surface area (Å²) in [5, 5.41) is 11.8. The minimum atomic E-state index is -1.06. The molecule has 0 saturated heterocycles. The van der Waals surface area contributed by atoms with Gasteiger partial charge in [-0.05, 0) is 37.5 Å². The minimum absolute atomic E-state index is 0.0692. The van der Waals surface area contributed by atoms with E-state index in [-0.39, 0.29) is 18.1 Å². The molecular formula is C14H19NO4. The number of aromatic carboxylic acids is 1. The number of carboxylic acid groups (broad SMARTS) is 1. The van der Waals surface area contributed by atoms with Crippen molar-refractivity contribution in [1.29, 1.82) is 0 Å². The molecule has 0 heterocycles. The highest BCUT2D eigenvalue weighted by Crippen LogP contribution is 2.22. The van der Waals surface area contributed by atoms with Crippen molar-refractivity contribution >= 4 is 17.6 Å². The molecule has 0 spiro atoms. The molecule has 0 unspecified atom stereocenters. The Hall–Kier alpha value is -1.88. The van der Waals surface area contributed by atoms with Crippen molar-refractivity contribution < 1.29 is 19.4 Å². The maximum atomic E-state index is 11.7. The summed E-state index contributed by atoms with van der Waals surface area (Å²) in [4.78, 5) is 22.9. The topological polar surface area (TPSA) is 75.6 Å². The molecule has 0 aliphatic rings. The van der Waals surface area contributed by atoms with E-state index in [2.05, 4.69) is 5.32 Å². The average molecular weight is 265 g/mol. The quantitative estimate of drug-likeness (QED) is 0.774. The second-order valence-electron chi connectivity index (χ2n) is 4.41. The molecule has 104 valence electrons. The Morgan fingerprint density at radius 3 is 2.58 bits per heavy atom. The van der Waals surface area contributed by atoms with Gasteiger partial charge in [-0.2, -0.15) is 0 Å². The fourth-order valence-corrected chi connectivity index (χ4v) is 1.79. The van der Waals surface area contributed by atoms with Gasteiger partial charge >= 0.3 is 5.97 Å². The Morgan fingerprint density at radius 2 is 2.00 bits per heavy atom. The van der Waals surface area contributed by atoms with Crippen molar-refractivity contribution in [2.45, 2.75) is 27.2 Å². The van der Waals surface area contributed by atoms with Crippen molar-refractivity contribution in [2.24, 2.45) is 0 Å². The summed E-state index contributed by atoms with van der Waals surface area (Å²) in [6.45, 7) is 5.97. The van der Waals surface area contributed by atoms with Gasteiger partial charge in [-0.1, -0.05) is 13.0 Å². The zero-order valence-electron chi connectivity index (χ0n) is 11.4. The predicted molar refractivity (Wildman–Crippen MR) is 72.6 cm³/mol. The number of aryl methyl sites for hydroxylation is 2. The van der Waals surface area contributed by atoms with Crippen LogP contribution >= 0.6 is 0 Å². The lowest BCUT2D eigenvalue weighted by molar-refractivity contribution is -0.120. The standard InChI is InChI=1S/C14H19NO4/c1-4-5-19-8-12(16)15-13-10(3)6-9(2)7-11(13)14(17)18/h6-7H,4-5,8H2,1-3H3,(H,15,16)(H,17,18). The third-order valence-corrected chi connectivity index (χ3v) is 2.56. The molecule has 19 heavy (non-hydrogen) atoms. The molecule has 5 nitrogen and oxygen atoms in total. The largest absolute Gasteiger partial charge is 0.478 e. The minimum Gasteiger partial charge on any atom is -0.478 e. The average Bonchev–Trinajstić information content (AvgIpc) is 2.32. The first-order valence-corrected chi connectivity index (χ1v) is 6.17. The van der Waals surface area contributed by atoms with E-state index in [0.29, 0.717) is 12.3 Å². The molecule has 0 fully saturated rings. The van der Waals surface area contributed by atoms with Gasteiger partial charge in [-0.15, -0.1) is 0 Å². The first kappa shape index (κ1) is 15.2. The highest BCUT2D eigenvalue weighted by atomic mass is 16.5. The molecule has 1 aromatic carbocycles. The highest BCUT2D eigenvalue weighted by molar-refractivity contribution is 6.02. The summed E-state index contributed by atoms with van der Waals surface area (Å²) in [5.41, 5.74) is 2.00. The summed E-state index contributed by atoms with van der Waals surface area (Å²) in [5.74, 6) is -1.40. The van der Waals surface area contributed by atoms with Crippen LogP contribution in [0, 0.1) is 13.8 Å². The molecule has 1 rings (SSSR count). The van der Waals surface area contributed by atoms with Crippen LogP contribution in [0.1, 0.15) is 34.8 Å². The molecule has 1 amide bonds. The van der Waals surface area contributed by atoms with E-state index in [1.54, 1.807) is 6.92 Å². The van der Waals surface area contributed by atoms with Gasteiger partial charge in [0.25, 0.3) is 0 Å². The lowest BCUT2D eigenvalue weighted by atomic mass is 10.0. The molecule has 2 N–H and O–H groups in total. The Kier molecular flexibility index (Phi) is 5.51. The van der Waals surface area contributed by atoms with Gasteiger partial charge < -0.3 is 15.2 Å². The van der Waals surface area contributed by atoms with Crippen molar-refractivity contribution in [3.05, 3.63) is 28.8 Å². The highest BCUT2D eigenvalue weighted by Gasteiger charge is 2.15. The zero-order valence-corrected chi connectivity index (χ0v) is 11.4. The summed E-state index contributed by atoms with van der Waals surface area (Å²) in [6.07, 6.45) is 0.831. The van der Waals surface area contributed by atoms with E-state index >= 15 is 0 Å². The van der Waals surface area contributed by atoms with E-state index < -0.39 is 5.97 Å². The number of hydrogen-bond donors (Lipinski definition) is 2. The van der Waals surface area contributed by atoms with Crippen molar-refractivity contribution in [3.63, 3.8) is 0 Å². The van der Waals surface area contributed by atoms with Crippen LogP contribution in [0.15, 0.2) is 12.1 Å². The van der Waals surface area contributed by atoms with Gasteiger partial charge in [0, 0.05) is 6.61 Å². The maximum Gasteiger partial charge on any atom is 0.337 e. The first-order chi connectivity index (χ1) is 8.95. The second kappa shape index (κ2) is 6.89. The third kappa shape index (κ3) is 4.37. The summed E-state index contributed by atoms with van der Waals surface area (Å²) in [7, 11) is 0. The number of carbonyl (C=O) groups excluding carboxylic acids is 1. The number of carboxylic acids is 1. The van der Waals surface area contributed by atoms with Gasteiger partial charge in [0.05, 0.1) is 11.3 Å². The van der Waals surface area contributed by atoms with E-state index in [1.807, 2.05) is 19.9 Å². The molecule has 0 aliphatic heterocycles. The van der Waals surface area contributed by atoms with Crippen LogP contribution in [0.25, 0.3) is 0 Å². The van der Waals surface area contributed by atoms with E-state index in [9.17, 15) is 9.59 Å². The predicted octanol–water partition coefficient (Wildman–Crippen LogP) is 2.37. The monoisotopic (exact) mass is 265 g/mol. The van der Waals surface area contributed by atoms with Crippen molar-refractivity contribution in [3.8, 4) is 0 Å². The van der Waals surface area contributed by atoms with Crippen molar-refractivity contribution in [2.75, 3.05) is 18.5 Å². The van der Waals surface area contributed by atoms with Gasteiger partial charge in [0.15, 0.2) is 0 Å². The Labute approximate surface area is 112 Å². The van der Waals surface area contributed by atoms with Crippen LogP contribution in [0.2, 0.25) is 0 Å². The lowest BCUT2D eigenvalue weighted by Crippen LogP contribution is -2.21. The van der Waals surface area contributed by atoms with Crippen LogP contribution in [-0.2, 0) is 9.53 Å². The number of carbonyl (C=O) groups is 2. The van der Waals surface area contributed by atoms with Crippen LogP contribution in [-0.4, -0.2) is 30.2 Å². The number of anilines is 1. The number of amides is 1. The molecule has 1 aromatic rings. The second-order valence-corrected chi connectivity index (χ2v) is 4.41. The molecule has 5 heteroatoms. The Balaban J connectivity index is 2.88. The first-order valence-electron chi connectivity index (χ1n) is 6.17. The molecular weight excluding hydrogens is 246 g/mol. The maximum absolute atomic E-state index is 11.7. The SMILES string of the molecule is CCCOCC(=O)Nc1c(C)cc(C)cc1C(=O)O. The number of benzene rings is 1. The van der Waals surface area contributed by atoms with Crippen LogP contribution < -0.4 is 5.32 Å². The van der Waals surface area contributed by atoms with Crippen LogP contribution in [0.3, 0.4) is 0 Å². The van der Waals surface area contributed by atoms with E-state index in [1.165, 1.54) is 6.07 Å². The lowest BCUT2D eigenvalue weighted by Gasteiger charge is -2.13. The molecule has 0 saturated carbocycles. The van der Waals surface area contributed by atoms with Gasteiger partial charge in [0.2, 0.25) is 5.91 Å². The van der Waals surface area contributed by atoms with Gasteiger partial charge in [-0.3, -0.25) is 4.79 Å².